The van der Waals surface area contributed by atoms with E-state index in [-0.39, 0.29) is 24.5 Å². The summed E-state index contributed by atoms with van der Waals surface area (Å²) in [6, 6.07) is 18.5. The molecular weight excluding hydrogens is 475 g/mol. The van der Waals surface area contributed by atoms with Crippen LogP contribution in [0.25, 0.3) is 17.0 Å². The van der Waals surface area contributed by atoms with Gasteiger partial charge in [0.15, 0.2) is 11.5 Å². The second kappa shape index (κ2) is 9.09. The van der Waals surface area contributed by atoms with Crippen LogP contribution in [0.2, 0.25) is 0 Å². The normalized spacial score (nSPS) is 16.8. The lowest BCUT2D eigenvalue weighted by molar-refractivity contribution is 0.174. The Morgan fingerprint density at radius 1 is 1.00 bits per heavy atom. The van der Waals surface area contributed by atoms with Crippen molar-refractivity contribution in [2.45, 2.75) is 26.4 Å². The summed E-state index contributed by atoms with van der Waals surface area (Å²) >= 11 is 0. The van der Waals surface area contributed by atoms with Gasteiger partial charge in [0.25, 0.3) is 5.89 Å². The van der Waals surface area contributed by atoms with Gasteiger partial charge in [-0.3, -0.25) is 4.90 Å². The van der Waals surface area contributed by atoms with Crippen molar-refractivity contribution in [2.24, 2.45) is 0 Å². The second-order valence-corrected chi connectivity index (χ2v) is 9.00. The quantitative estimate of drug-likeness (QED) is 0.385. The summed E-state index contributed by atoms with van der Waals surface area (Å²) < 4.78 is 30.3. The molecule has 2 aliphatic rings. The van der Waals surface area contributed by atoms with Crippen LogP contribution in [0.3, 0.4) is 0 Å². The minimum atomic E-state index is -0.604. The largest absolute Gasteiger partial charge is 0.454 e. The molecule has 1 N–H and O–H groups in total. The number of nitrogens with zero attached hydrogens (tertiary/aromatic N) is 3. The Labute approximate surface area is 212 Å². The van der Waals surface area contributed by atoms with Crippen molar-refractivity contribution in [1.29, 1.82) is 0 Å². The fourth-order valence-electron chi connectivity index (χ4n) is 4.52. The molecule has 6 rings (SSSR count). The molecule has 0 saturated carbocycles. The van der Waals surface area contributed by atoms with Gasteiger partial charge in [-0.05, 0) is 55.3 Å². The number of rotatable bonds is 5. The van der Waals surface area contributed by atoms with E-state index >= 15 is 0 Å². The number of urea groups is 1. The summed E-state index contributed by atoms with van der Waals surface area (Å²) in [5.74, 6) is 1.53. The maximum atomic E-state index is 13.7. The average Bonchev–Trinajstić information content (AvgIpc) is 3.57. The Kier molecular flexibility index (Phi) is 5.60. The van der Waals surface area contributed by atoms with Gasteiger partial charge in [0, 0.05) is 11.3 Å². The van der Waals surface area contributed by atoms with E-state index in [1.54, 1.807) is 29.2 Å². The molecular formula is C28H23FN4O4. The SMILES string of the molecule is CC1=C(c2nc(-c3ccc4c(c3)OCO4)no2)C(c2ccc(F)cc2)NC(=O)N1Cc1ccc(C)cc1. The Morgan fingerprint density at radius 2 is 1.76 bits per heavy atom. The molecule has 1 atom stereocenters. The molecule has 9 heteroatoms. The van der Waals surface area contributed by atoms with Crippen LogP contribution in [-0.2, 0) is 6.54 Å². The lowest BCUT2D eigenvalue weighted by Crippen LogP contribution is -2.45. The van der Waals surface area contributed by atoms with Crippen LogP contribution < -0.4 is 14.8 Å². The third-order valence-corrected chi connectivity index (χ3v) is 6.55. The van der Waals surface area contributed by atoms with Crippen molar-refractivity contribution < 1.29 is 23.2 Å². The summed E-state index contributed by atoms with van der Waals surface area (Å²) in [7, 11) is 0. The lowest BCUT2D eigenvalue weighted by Gasteiger charge is -2.35. The number of allylic oxidation sites excluding steroid dienone is 1. The van der Waals surface area contributed by atoms with Crippen LogP contribution in [0.1, 0.15) is 35.5 Å². The molecule has 1 unspecified atom stereocenters. The van der Waals surface area contributed by atoms with Gasteiger partial charge in [-0.25, -0.2) is 9.18 Å². The van der Waals surface area contributed by atoms with Gasteiger partial charge in [0.2, 0.25) is 12.6 Å². The maximum Gasteiger partial charge on any atom is 0.322 e. The summed E-state index contributed by atoms with van der Waals surface area (Å²) in [4.78, 5) is 19.6. The number of hydrogen-bond acceptors (Lipinski definition) is 6. The highest BCUT2D eigenvalue weighted by Crippen LogP contribution is 2.39. The summed E-state index contributed by atoms with van der Waals surface area (Å²) in [6.45, 7) is 4.39. The van der Waals surface area contributed by atoms with E-state index in [0.29, 0.717) is 46.3 Å². The van der Waals surface area contributed by atoms with Crippen LogP contribution in [0.4, 0.5) is 9.18 Å². The van der Waals surface area contributed by atoms with Gasteiger partial charge >= 0.3 is 6.03 Å². The zero-order valence-electron chi connectivity index (χ0n) is 20.2. The topological polar surface area (TPSA) is 89.7 Å². The van der Waals surface area contributed by atoms with Crippen molar-refractivity contribution in [3.63, 3.8) is 0 Å². The number of fused-ring (bicyclic) bond motifs is 1. The number of aromatic nitrogens is 2. The molecule has 1 aromatic heterocycles. The predicted octanol–water partition coefficient (Wildman–Crippen LogP) is 5.61. The van der Waals surface area contributed by atoms with Crippen LogP contribution in [0, 0.1) is 12.7 Å². The van der Waals surface area contributed by atoms with E-state index in [1.807, 2.05) is 44.2 Å². The smallest absolute Gasteiger partial charge is 0.322 e. The molecule has 2 aliphatic heterocycles. The number of carbonyl (C=O) groups is 1. The minimum Gasteiger partial charge on any atom is -0.454 e. The van der Waals surface area contributed by atoms with E-state index in [9.17, 15) is 9.18 Å². The van der Waals surface area contributed by atoms with Crippen molar-refractivity contribution in [2.75, 3.05) is 6.79 Å². The molecule has 37 heavy (non-hydrogen) atoms. The molecule has 0 aliphatic carbocycles. The van der Waals surface area contributed by atoms with E-state index in [0.717, 1.165) is 11.1 Å². The number of hydrogen-bond donors (Lipinski definition) is 1. The van der Waals surface area contributed by atoms with Crippen molar-refractivity contribution in [1.82, 2.24) is 20.4 Å². The zero-order valence-corrected chi connectivity index (χ0v) is 20.2. The molecule has 4 aromatic rings. The van der Waals surface area contributed by atoms with E-state index in [1.165, 1.54) is 12.1 Å². The first kappa shape index (κ1) is 22.8. The molecule has 0 radical (unpaired) electrons. The third-order valence-electron chi connectivity index (χ3n) is 6.55. The van der Waals surface area contributed by atoms with E-state index in [2.05, 4.69) is 15.5 Å². The summed E-state index contributed by atoms with van der Waals surface area (Å²) in [6.07, 6.45) is 0. The maximum absolute atomic E-state index is 13.7. The molecule has 8 nitrogen and oxygen atoms in total. The number of ether oxygens (including phenoxy) is 2. The Morgan fingerprint density at radius 3 is 2.54 bits per heavy atom. The summed E-state index contributed by atoms with van der Waals surface area (Å²) in [5, 5.41) is 7.23. The standard InChI is InChI=1S/C28H23FN4O4/c1-16-3-5-18(6-4-16)14-33-17(2)24(25(30-28(33)34)19-7-10-21(29)11-8-19)27-31-26(32-37-27)20-9-12-22-23(13-20)36-15-35-22/h3-13,25H,14-15H2,1-2H3,(H,30,34). The second-order valence-electron chi connectivity index (χ2n) is 9.00. The van der Waals surface area contributed by atoms with Crippen LogP contribution >= 0.6 is 0 Å². The van der Waals surface area contributed by atoms with E-state index < -0.39 is 6.04 Å². The molecule has 0 fully saturated rings. The van der Waals surface area contributed by atoms with Gasteiger partial charge in [-0.1, -0.05) is 47.1 Å². The van der Waals surface area contributed by atoms with Gasteiger partial charge in [0.1, 0.15) is 5.82 Å². The molecule has 186 valence electrons. The number of carbonyl (C=O) groups excluding carboxylic acids is 1. The number of benzene rings is 3. The third kappa shape index (κ3) is 4.29. The molecule has 0 spiro atoms. The first-order chi connectivity index (χ1) is 18.0. The van der Waals surface area contributed by atoms with E-state index in [4.69, 9.17) is 14.0 Å². The lowest BCUT2D eigenvalue weighted by atomic mass is 9.94. The zero-order chi connectivity index (χ0) is 25.5. The number of aryl methyl sites for hydroxylation is 1. The van der Waals surface area contributed by atoms with Crippen LogP contribution in [-0.4, -0.2) is 27.9 Å². The van der Waals surface area contributed by atoms with Crippen LogP contribution in [0.15, 0.2) is 77.0 Å². The average molecular weight is 499 g/mol. The van der Waals surface area contributed by atoms with Crippen molar-refractivity contribution >= 4 is 11.6 Å². The molecule has 3 aromatic carbocycles. The first-order valence-corrected chi connectivity index (χ1v) is 11.8. The molecule has 2 amide bonds. The fourth-order valence-corrected chi connectivity index (χ4v) is 4.52. The van der Waals surface area contributed by atoms with Gasteiger partial charge in [0.05, 0.1) is 18.2 Å². The first-order valence-electron chi connectivity index (χ1n) is 11.8. The van der Waals surface area contributed by atoms with Crippen molar-refractivity contribution in [3.05, 3.63) is 101 Å². The highest BCUT2D eigenvalue weighted by molar-refractivity contribution is 5.87. The Hall–Kier alpha value is -4.66. The molecule has 0 saturated heterocycles. The minimum absolute atomic E-state index is 0.165. The fraction of sp³-hybridized carbons (Fsp3) is 0.179. The number of nitrogens with one attached hydrogen (secondary N) is 1. The number of halogens is 1. The molecule has 3 heterocycles. The van der Waals surface area contributed by atoms with Crippen molar-refractivity contribution in [3.8, 4) is 22.9 Å². The Bertz CT molecular complexity index is 1510. The monoisotopic (exact) mass is 498 g/mol. The Balaban J connectivity index is 1.42. The number of amides is 2. The summed E-state index contributed by atoms with van der Waals surface area (Å²) in [5.41, 5.74) is 4.82. The van der Waals surface area contributed by atoms with Gasteiger partial charge in [-0.15, -0.1) is 0 Å². The predicted molar refractivity (Wildman–Crippen MR) is 133 cm³/mol. The molecule has 0 bridgehead atoms. The van der Waals surface area contributed by atoms with Gasteiger partial charge in [-0.2, -0.15) is 4.98 Å². The van der Waals surface area contributed by atoms with Crippen LogP contribution in [0.5, 0.6) is 11.5 Å². The van der Waals surface area contributed by atoms with Gasteiger partial charge < -0.3 is 19.3 Å². The highest BCUT2D eigenvalue weighted by Gasteiger charge is 2.36. The highest BCUT2D eigenvalue weighted by atomic mass is 19.1.